The van der Waals surface area contributed by atoms with E-state index in [-0.39, 0.29) is 5.91 Å². The Morgan fingerprint density at radius 1 is 1.24 bits per heavy atom. The molecular weight excluding hydrogens is 336 g/mol. The monoisotopic (exact) mass is 362 g/mol. The standard InChI is InChI=1S/C19H27ClN4O/c1-2-24(17-6-4-3-5-7-17)19(25)15-22-10-12-23(13-11-22)18-9-8-16(20)14-21-18/h6,8-9,14H,2-5,7,10-13,15H2,1H3. The predicted molar refractivity (Wildman–Crippen MR) is 102 cm³/mol. The van der Waals surface area contributed by atoms with Gasteiger partial charge in [0.25, 0.3) is 0 Å². The molecular formula is C19H27ClN4O. The quantitative estimate of drug-likeness (QED) is 0.806. The summed E-state index contributed by atoms with van der Waals surface area (Å²) in [5, 5.41) is 0.657. The van der Waals surface area contributed by atoms with Gasteiger partial charge >= 0.3 is 0 Å². The molecule has 0 aromatic carbocycles. The first-order valence-electron chi connectivity index (χ1n) is 9.25. The summed E-state index contributed by atoms with van der Waals surface area (Å²) in [5.41, 5.74) is 1.22. The van der Waals surface area contributed by atoms with Crippen molar-refractivity contribution >= 4 is 23.3 Å². The number of piperazine rings is 1. The summed E-state index contributed by atoms with van der Waals surface area (Å²) < 4.78 is 0. The number of hydrogen-bond donors (Lipinski definition) is 0. The molecule has 1 saturated heterocycles. The maximum absolute atomic E-state index is 12.7. The predicted octanol–water partition coefficient (Wildman–Crippen LogP) is 3.16. The lowest BCUT2D eigenvalue weighted by Gasteiger charge is -2.36. The van der Waals surface area contributed by atoms with Crippen LogP contribution in [0.2, 0.25) is 5.02 Å². The first-order chi connectivity index (χ1) is 12.2. The minimum atomic E-state index is 0.230. The number of pyridine rings is 1. The van der Waals surface area contributed by atoms with Gasteiger partial charge in [0, 0.05) is 44.6 Å². The van der Waals surface area contributed by atoms with Crippen molar-refractivity contribution < 1.29 is 4.79 Å². The van der Waals surface area contributed by atoms with Crippen LogP contribution in [-0.4, -0.2) is 60.0 Å². The normalized spacial score (nSPS) is 18.8. The zero-order valence-corrected chi connectivity index (χ0v) is 15.7. The van der Waals surface area contributed by atoms with Crippen molar-refractivity contribution in [2.75, 3.05) is 44.2 Å². The van der Waals surface area contributed by atoms with Crippen LogP contribution in [0.3, 0.4) is 0 Å². The number of anilines is 1. The Bertz CT molecular complexity index is 608. The maximum atomic E-state index is 12.7. The van der Waals surface area contributed by atoms with Crippen molar-refractivity contribution in [3.05, 3.63) is 35.1 Å². The van der Waals surface area contributed by atoms with Crippen molar-refractivity contribution in [3.63, 3.8) is 0 Å². The molecule has 3 rings (SSSR count). The summed E-state index contributed by atoms with van der Waals surface area (Å²) in [6, 6.07) is 3.83. The first-order valence-corrected chi connectivity index (χ1v) is 9.63. The fourth-order valence-corrected chi connectivity index (χ4v) is 3.68. The van der Waals surface area contributed by atoms with E-state index in [1.807, 2.05) is 17.0 Å². The third kappa shape index (κ3) is 4.73. The maximum Gasteiger partial charge on any atom is 0.240 e. The number of carbonyl (C=O) groups is 1. The second-order valence-electron chi connectivity index (χ2n) is 6.68. The van der Waals surface area contributed by atoms with Gasteiger partial charge < -0.3 is 9.80 Å². The topological polar surface area (TPSA) is 39.7 Å². The third-order valence-corrected chi connectivity index (χ3v) is 5.22. The number of allylic oxidation sites excluding steroid dienone is 2. The van der Waals surface area contributed by atoms with E-state index in [9.17, 15) is 4.79 Å². The number of rotatable bonds is 5. The Morgan fingerprint density at radius 3 is 2.64 bits per heavy atom. The SMILES string of the molecule is CCN(C(=O)CN1CCN(c2ccc(Cl)cn2)CC1)C1=CCCCC1. The highest BCUT2D eigenvalue weighted by molar-refractivity contribution is 6.30. The number of carbonyl (C=O) groups excluding carboxylic acids is 1. The Labute approximate surface area is 155 Å². The lowest BCUT2D eigenvalue weighted by Crippen LogP contribution is -2.50. The van der Waals surface area contributed by atoms with Crippen LogP contribution in [0.5, 0.6) is 0 Å². The molecule has 1 aromatic rings. The van der Waals surface area contributed by atoms with Crippen LogP contribution in [0, 0.1) is 0 Å². The molecule has 0 spiro atoms. The second kappa shape index (κ2) is 8.68. The summed E-state index contributed by atoms with van der Waals surface area (Å²) in [4.78, 5) is 23.6. The van der Waals surface area contributed by atoms with Crippen LogP contribution in [0.25, 0.3) is 0 Å². The summed E-state index contributed by atoms with van der Waals surface area (Å²) in [7, 11) is 0. The summed E-state index contributed by atoms with van der Waals surface area (Å²) in [6.07, 6.45) is 8.51. The molecule has 25 heavy (non-hydrogen) atoms. The van der Waals surface area contributed by atoms with E-state index in [4.69, 9.17) is 11.6 Å². The number of nitrogens with zero attached hydrogens (tertiary/aromatic N) is 4. The van der Waals surface area contributed by atoms with E-state index in [1.165, 1.54) is 18.5 Å². The molecule has 6 heteroatoms. The lowest BCUT2D eigenvalue weighted by atomic mass is 10.0. The average molecular weight is 363 g/mol. The van der Waals surface area contributed by atoms with Crippen LogP contribution >= 0.6 is 11.6 Å². The van der Waals surface area contributed by atoms with Gasteiger partial charge in [0.2, 0.25) is 5.91 Å². The zero-order chi connectivity index (χ0) is 17.6. The number of halogens is 1. The van der Waals surface area contributed by atoms with Gasteiger partial charge in [-0.3, -0.25) is 9.69 Å². The van der Waals surface area contributed by atoms with E-state index in [0.717, 1.165) is 51.4 Å². The van der Waals surface area contributed by atoms with E-state index >= 15 is 0 Å². The minimum absolute atomic E-state index is 0.230. The van der Waals surface area contributed by atoms with E-state index in [2.05, 4.69) is 27.8 Å². The molecule has 0 N–H and O–H groups in total. The lowest BCUT2D eigenvalue weighted by molar-refractivity contribution is -0.130. The molecule has 1 amide bonds. The van der Waals surface area contributed by atoms with Crippen molar-refractivity contribution in [1.82, 2.24) is 14.8 Å². The van der Waals surface area contributed by atoms with Gasteiger partial charge in [-0.25, -0.2) is 4.98 Å². The minimum Gasteiger partial charge on any atom is -0.354 e. The molecule has 0 bridgehead atoms. The Kier molecular flexibility index (Phi) is 6.32. The van der Waals surface area contributed by atoms with Crippen molar-refractivity contribution in [2.45, 2.75) is 32.6 Å². The van der Waals surface area contributed by atoms with Crippen LogP contribution in [0.1, 0.15) is 32.6 Å². The van der Waals surface area contributed by atoms with Crippen molar-refractivity contribution in [3.8, 4) is 0 Å². The third-order valence-electron chi connectivity index (χ3n) is 5.00. The Hall–Kier alpha value is -1.59. The van der Waals surface area contributed by atoms with Gasteiger partial charge in [-0.15, -0.1) is 0 Å². The van der Waals surface area contributed by atoms with E-state index in [0.29, 0.717) is 11.6 Å². The average Bonchev–Trinajstić information content (AvgIpc) is 2.65. The molecule has 0 saturated carbocycles. The zero-order valence-electron chi connectivity index (χ0n) is 15.0. The van der Waals surface area contributed by atoms with Gasteiger partial charge in [-0.05, 0) is 44.7 Å². The fourth-order valence-electron chi connectivity index (χ4n) is 3.57. The highest BCUT2D eigenvalue weighted by Gasteiger charge is 2.23. The molecule has 1 aliphatic carbocycles. The second-order valence-corrected chi connectivity index (χ2v) is 7.11. The highest BCUT2D eigenvalue weighted by atomic mass is 35.5. The number of likely N-dealkylation sites (N-methyl/N-ethyl adjacent to an activating group) is 1. The van der Waals surface area contributed by atoms with Gasteiger partial charge in [0.1, 0.15) is 5.82 Å². The van der Waals surface area contributed by atoms with Crippen LogP contribution in [-0.2, 0) is 4.79 Å². The highest BCUT2D eigenvalue weighted by Crippen LogP contribution is 2.21. The molecule has 2 heterocycles. The van der Waals surface area contributed by atoms with E-state index in [1.54, 1.807) is 6.20 Å². The molecule has 1 aliphatic heterocycles. The van der Waals surface area contributed by atoms with Crippen molar-refractivity contribution in [1.29, 1.82) is 0 Å². The molecule has 1 fully saturated rings. The first kappa shape index (κ1) is 18.2. The molecule has 0 atom stereocenters. The summed E-state index contributed by atoms with van der Waals surface area (Å²) in [6.45, 7) is 6.87. The molecule has 1 aromatic heterocycles. The van der Waals surface area contributed by atoms with Gasteiger partial charge in [0.15, 0.2) is 0 Å². The molecule has 5 nitrogen and oxygen atoms in total. The Morgan fingerprint density at radius 2 is 2.04 bits per heavy atom. The van der Waals surface area contributed by atoms with Gasteiger partial charge in [-0.1, -0.05) is 17.7 Å². The molecule has 136 valence electrons. The van der Waals surface area contributed by atoms with Crippen LogP contribution in [0.4, 0.5) is 5.82 Å². The number of aromatic nitrogens is 1. The largest absolute Gasteiger partial charge is 0.354 e. The summed E-state index contributed by atoms with van der Waals surface area (Å²) >= 11 is 5.90. The van der Waals surface area contributed by atoms with Gasteiger partial charge in [-0.2, -0.15) is 0 Å². The van der Waals surface area contributed by atoms with Crippen LogP contribution in [0.15, 0.2) is 30.1 Å². The summed E-state index contributed by atoms with van der Waals surface area (Å²) in [5.74, 6) is 1.19. The smallest absolute Gasteiger partial charge is 0.240 e. The molecule has 0 unspecified atom stereocenters. The molecule has 0 radical (unpaired) electrons. The van der Waals surface area contributed by atoms with Gasteiger partial charge in [0.05, 0.1) is 11.6 Å². The number of hydrogen-bond acceptors (Lipinski definition) is 4. The molecule has 2 aliphatic rings. The van der Waals surface area contributed by atoms with Crippen LogP contribution < -0.4 is 4.90 Å². The number of amides is 1. The Balaban J connectivity index is 1.51. The van der Waals surface area contributed by atoms with Crippen molar-refractivity contribution in [2.24, 2.45) is 0 Å². The fraction of sp³-hybridized carbons (Fsp3) is 0.579. The van der Waals surface area contributed by atoms with E-state index < -0.39 is 0 Å².